The number of carbonyl (C=O) groups is 1. The lowest BCUT2D eigenvalue weighted by Crippen LogP contribution is -2.22. The van der Waals surface area contributed by atoms with Crippen LogP contribution in [0, 0.1) is 5.92 Å². The minimum Gasteiger partial charge on any atom is -0.381 e. The fourth-order valence-corrected chi connectivity index (χ4v) is 2.69. The van der Waals surface area contributed by atoms with Gasteiger partial charge in [0, 0.05) is 29.4 Å². The van der Waals surface area contributed by atoms with Gasteiger partial charge in [-0.2, -0.15) is 0 Å². The maximum Gasteiger partial charge on any atom is 0.229 e. The molecule has 98 valence electrons. The predicted molar refractivity (Wildman–Crippen MR) is 75.1 cm³/mol. The number of hydrogen-bond donors (Lipinski definition) is 1. The van der Waals surface area contributed by atoms with Gasteiger partial charge in [0.1, 0.15) is 5.01 Å². The summed E-state index contributed by atoms with van der Waals surface area (Å²) in [6, 6.07) is 7.76. The van der Waals surface area contributed by atoms with E-state index in [1.165, 1.54) is 0 Å². The minimum absolute atomic E-state index is 0.0151. The molecule has 0 aliphatic carbocycles. The fraction of sp³-hybridized carbons (Fsp3) is 0.286. The molecule has 1 aliphatic heterocycles. The first kappa shape index (κ1) is 12.3. The summed E-state index contributed by atoms with van der Waals surface area (Å²) in [5.41, 5.74) is 1.88. The summed E-state index contributed by atoms with van der Waals surface area (Å²) in [5, 5.41) is 5.86. The van der Waals surface area contributed by atoms with Gasteiger partial charge in [0.25, 0.3) is 0 Å². The van der Waals surface area contributed by atoms with E-state index in [-0.39, 0.29) is 11.8 Å². The van der Waals surface area contributed by atoms with Crippen LogP contribution in [0.4, 0.5) is 5.69 Å². The van der Waals surface area contributed by atoms with Crippen LogP contribution < -0.4 is 5.32 Å². The molecule has 2 aromatic rings. The van der Waals surface area contributed by atoms with Gasteiger partial charge in [-0.3, -0.25) is 4.79 Å². The largest absolute Gasteiger partial charge is 0.381 e. The molecular formula is C14H14N2O2S. The first-order valence-corrected chi connectivity index (χ1v) is 7.09. The van der Waals surface area contributed by atoms with Crippen LogP contribution in [-0.2, 0) is 9.53 Å². The highest BCUT2D eigenvalue weighted by Gasteiger charge is 2.23. The third-order valence-corrected chi connectivity index (χ3v) is 3.95. The lowest BCUT2D eigenvalue weighted by Gasteiger charge is -2.09. The van der Waals surface area contributed by atoms with Crippen molar-refractivity contribution in [2.45, 2.75) is 6.42 Å². The van der Waals surface area contributed by atoms with Gasteiger partial charge in [0.05, 0.1) is 12.5 Å². The van der Waals surface area contributed by atoms with Crippen LogP contribution in [0.25, 0.3) is 10.6 Å². The molecule has 1 aromatic carbocycles. The van der Waals surface area contributed by atoms with E-state index in [2.05, 4.69) is 10.3 Å². The molecule has 4 nitrogen and oxygen atoms in total. The van der Waals surface area contributed by atoms with Crippen LogP contribution >= 0.6 is 11.3 Å². The molecule has 19 heavy (non-hydrogen) atoms. The number of hydrogen-bond acceptors (Lipinski definition) is 4. The van der Waals surface area contributed by atoms with Crippen molar-refractivity contribution in [2.75, 3.05) is 18.5 Å². The van der Waals surface area contributed by atoms with Crippen molar-refractivity contribution in [1.29, 1.82) is 0 Å². The predicted octanol–water partition coefficient (Wildman–Crippen LogP) is 2.79. The molecule has 1 fully saturated rings. The van der Waals surface area contributed by atoms with Gasteiger partial charge in [-0.1, -0.05) is 0 Å². The van der Waals surface area contributed by atoms with Crippen molar-refractivity contribution in [3.63, 3.8) is 0 Å². The zero-order chi connectivity index (χ0) is 13.1. The van der Waals surface area contributed by atoms with Gasteiger partial charge in [0.2, 0.25) is 5.91 Å². The molecule has 1 aromatic heterocycles. The first-order valence-electron chi connectivity index (χ1n) is 6.21. The highest BCUT2D eigenvalue weighted by molar-refractivity contribution is 7.13. The molecule has 0 saturated carbocycles. The van der Waals surface area contributed by atoms with Crippen molar-refractivity contribution >= 4 is 22.9 Å². The van der Waals surface area contributed by atoms with E-state index in [0.29, 0.717) is 13.2 Å². The van der Waals surface area contributed by atoms with Crippen molar-refractivity contribution in [3.05, 3.63) is 35.8 Å². The van der Waals surface area contributed by atoms with Gasteiger partial charge in [0.15, 0.2) is 0 Å². The Morgan fingerprint density at radius 3 is 2.84 bits per heavy atom. The van der Waals surface area contributed by atoms with E-state index >= 15 is 0 Å². The number of nitrogens with one attached hydrogen (secondary N) is 1. The summed E-state index contributed by atoms with van der Waals surface area (Å²) in [7, 11) is 0. The molecule has 0 spiro atoms. The van der Waals surface area contributed by atoms with E-state index < -0.39 is 0 Å². The molecule has 1 N–H and O–H groups in total. The first-order chi connectivity index (χ1) is 9.33. The monoisotopic (exact) mass is 274 g/mol. The number of carbonyl (C=O) groups excluding carboxylic acids is 1. The fourth-order valence-electron chi connectivity index (χ4n) is 2.05. The SMILES string of the molecule is O=C(Nc1ccc(-c2nccs2)cc1)C1CCOC1. The molecule has 1 unspecified atom stereocenters. The maximum absolute atomic E-state index is 11.9. The topological polar surface area (TPSA) is 51.2 Å². The Hall–Kier alpha value is -1.72. The molecule has 0 bridgehead atoms. The van der Waals surface area contributed by atoms with Crippen LogP contribution in [0.5, 0.6) is 0 Å². The molecule has 2 heterocycles. The Morgan fingerprint density at radius 2 is 2.21 bits per heavy atom. The number of amides is 1. The Bertz CT molecular complexity index is 545. The Labute approximate surface area is 115 Å². The molecule has 1 amide bonds. The second kappa shape index (κ2) is 5.50. The van der Waals surface area contributed by atoms with Gasteiger partial charge < -0.3 is 10.1 Å². The van der Waals surface area contributed by atoms with Crippen molar-refractivity contribution in [3.8, 4) is 10.6 Å². The Morgan fingerprint density at radius 1 is 1.37 bits per heavy atom. The number of benzene rings is 1. The zero-order valence-corrected chi connectivity index (χ0v) is 11.2. The van der Waals surface area contributed by atoms with Crippen LogP contribution in [0.1, 0.15) is 6.42 Å². The lowest BCUT2D eigenvalue weighted by molar-refractivity contribution is -0.119. The molecule has 3 rings (SSSR count). The summed E-state index contributed by atoms with van der Waals surface area (Å²) < 4.78 is 5.22. The molecule has 1 atom stereocenters. The van der Waals surface area contributed by atoms with E-state index in [1.807, 2.05) is 29.6 Å². The lowest BCUT2D eigenvalue weighted by atomic mass is 10.1. The second-order valence-electron chi connectivity index (χ2n) is 4.46. The van der Waals surface area contributed by atoms with Crippen LogP contribution in [-0.4, -0.2) is 24.1 Å². The summed E-state index contributed by atoms with van der Waals surface area (Å²) in [6.07, 6.45) is 2.60. The molecular weight excluding hydrogens is 260 g/mol. The van der Waals surface area contributed by atoms with Crippen LogP contribution in [0.15, 0.2) is 35.8 Å². The maximum atomic E-state index is 11.9. The molecule has 5 heteroatoms. The second-order valence-corrected chi connectivity index (χ2v) is 5.36. The van der Waals surface area contributed by atoms with Gasteiger partial charge in [-0.25, -0.2) is 4.98 Å². The normalized spacial score (nSPS) is 18.4. The van der Waals surface area contributed by atoms with E-state index in [9.17, 15) is 4.79 Å². The summed E-state index contributed by atoms with van der Waals surface area (Å²) in [4.78, 5) is 16.2. The third kappa shape index (κ3) is 2.83. The summed E-state index contributed by atoms with van der Waals surface area (Å²) in [5.74, 6) is 0.0261. The quantitative estimate of drug-likeness (QED) is 0.936. The van der Waals surface area contributed by atoms with E-state index in [4.69, 9.17) is 4.74 Å². The van der Waals surface area contributed by atoms with Crippen molar-refractivity contribution < 1.29 is 9.53 Å². The summed E-state index contributed by atoms with van der Waals surface area (Å²) in [6.45, 7) is 1.21. The average molecular weight is 274 g/mol. The average Bonchev–Trinajstić information content (AvgIpc) is 3.13. The Kier molecular flexibility index (Phi) is 3.57. The van der Waals surface area contributed by atoms with E-state index in [1.54, 1.807) is 17.5 Å². The molecule has 1 saturated heterocycles. The Balaban J connectivity index is 1.67. The highest BCUT2D eigenvalue weighted by atomic mass is 32.1. The van der Waals surface area contributed by atoms with Crippen molar-refractivity contribution in [2.24, 2.45) is 5.92 Å². The number of anilines is 1. The number of aromatic nitrogens is 1. The van der Waals surface area contributed by atoms with Gasteiger partial charge in [-0.15, -0.1) is 11.3 Å². The van der Waals surface area contributed by atoms with Crippen LogP contribution in [0.3, 0.4) is 0 Å². The smallest absolute Gasteiger partial charge is 0.229 e. The summed E-state index contributed by atoms with van der Waals surface area (Å²) >= 11 is 1.60. The standard InChI is InChI=1S/C14H14N2O2S/c17-13(11-5-7-18-9-11)16-12-3-1-10(2-4-12)14-15-6-8-19-14/h1-4,6,8,11H,5,7,9H2,(H,16,17). The number of thiazole rings is 1. The van der Waals surface area contributed by atoms with Crippen LogP contribution in [0.2, 0.25) is 0 Å². The molecule has 1 aliphatic rings. The molecule has 0 radical (unpaired) electrons. The number of ether oxygens (including phenoxy) is 1. The number of rotatable bonds is 3. The highest BCUT2D eigenvalue weighted by Crippen LogP contribution is 2.23. The minimum atomic E-state index is -0.0151. The number of nitrogens with zero attached hydrogens (tertiary/aromatic N) is 1. The van der Waals surface area contributed by atoms with Crippen molar-refractivity contribution in [1.82, 2.24) is 4.98 Å². The third-order valence-electron chi connectivity index (χ3n) is 3.13. The van der Waals surface area contributed by atoms with Gasteiger partial charge >= 0.3 is 0 Å². The van der Waals surface area contributed by atoms with Gasteiger partial charge in [-0.05, 0) is 30.7 Å². The zero-order valence-electron chi connectivity index (χ0n) is 10.3. The van der Waals surface area contributed by atoms with E-state index in [0.717, 1.165) is 22.7 Å².